The molecule has 2 nitrogen and oxygen atoms in total. The van der Waals surface area contributed by atoms with Gasteiger partial charge in [-0.3, -0.25) is 0 Å². The third kappa shape index (κ3) is 3.93. The molecule has 3 heteroatoms. The van der Waals surface area contributed by atoms with Crippen LogP contribution in [0.5, 0.6) is 5.75 Å². The quantitative estimate of drug-likeness (QED) is 0.842. The molecule has 1 aromatic rings. The second kappa shape index (κ2) is 6.90. The van der Waals surface area contributed by atoms with E-state index in [2.05, 4.69) is 0 Å². The van der Waals surface area contributed by atoms with Crippen molar-refractivity contribution in [3.8, 4) is 5.75 Å². The van der Waals surface area contributed by atoms with Crippen LogP contribution in [0.3, 0.4) is 0 Å². The number of hydrogen-bond donors (Lipinski definition) is 1. The first-order valence-electron chi connectivity index (χ1n) is 7.21. The van der Waals surface area contributed by atoms with E-state index in [1.165, 1.54) is 38.9 Å². The van der Waals surface area contributed by atoms with E-state index in [9.17, 15) is 9.50 Å². The van der Waals surface area contributed by atoms with E-state index >= 15 is 0 Å². The number of rotatable bonds is 4. The van der Waals surface area contributed by atoms with Gasteiger partial charge in [0.05, 0.1) is 13.2 Å². The van der Waals surface area contributed by atoms with Crippen LogP contribution in [0.15, 0.2) is 18.2 Å². The van der Waals surface area contributed by atoms with E-state index in [4.69, 9.17) is 4.74 Å². The molecule has 0 radical (unpaired) electrons. The number of aliphatic hydroxyl groups is 1. The third-order valence-electron chi connectivity index (χ3n) is 4.11. The highest BCUT2D eigenvalue weighted by molar-refractivity contribution is 5.29. The molecule has 0 spiro atoms. The molecule has 1 saturated carbocycles. The fourth-order valence-electron chi connectivity index (χ4n) is 2.94. The molecule has 1 aromatic carbocycles. The zero-order valence-electron chi connectivity index (χ0n) is 11.6. The van der Waals surface area contributed by atoms with Crippen LogP contribution < -0.4 is 4.74 Å². The molecule has 0 heterocycles. The fraction of sp³-hybridized carbons (Fsp3) is 0.625. The van der Waals surface area contributed by atoms with Gasteiger partial charge in [0.1, 0.15) is 0 Å². The number of ether oxygens (including phenoxy) is 1. The van der Waals surface area contributed by atoms with Gasteiger partial charge in [0.15, 0.2) is 11.6 Å². The lowest BCUT2D eigenvalue weighted by Gasteiger charge is -2.21. The minimum atomic E-state index is -0.356. The number of halogens is 1. The zero-order valence-corrected chi connectivity index (χ0v) is 11.6. The summed E-state index contributed by atoms with van der Waals surface area (Å²) in [5.74, 6) is 0.272. The monoisotopic (exact) mass is 266 g/mol. The molecular weight excluding hydrogens is 243 g/mol. The standard InChI is InChI=1S/C16H23FO2/c1-19-16-9-8-12(10-14(16)17)11-15(18)13-6-4-2-3-5-7-13/h8-10,13,15,18H,2-7,11H2,1H3. The highest BCUT2D eigenvalue weighted by Crippen LogP contribution is 2.28. The molecule has 0 saturated heterocycles. The zero-order chi connectivity index (χ0) is 13.7. The van der Waals surface area contributed by atoms with Crippen LogP contribution in [-0.4, -0.2) is 18.3 Å². The Labute approximate surface area is 114 Å². The first-order valence-corrected chi connectivity index (χ1v) is 7.21. The SMILES string of the molecule is COc1ccc(CC(O)C2CCCCCC2)cc1F. The Bertz CT molecular complexity index is 398. The normalized spacial score (nSPS) is 18.9. The number of aliphatic hydroxyl groups excluding tert-OH is 1. The molecule has 0 aliphatic heterocycles. The highest BCUT2D eigenvalue weighted by atomic mass is 19.1. The summed E-state index contributed by atoms with van der Waals surface area (Å²) in [6.45, 7) is 0. The lowest BCUT2D eigenvalue weighted by atomic mass is 9.90. The predicted molar refractivity (Wildman–Crippen MR) is 73.9 cm³/mol. The first-order chi connectivity index (χ1) is 9.20. The van der Waals surface area contributed by atoms with Gasteiger partial charge >= 0.3 is 0 Å². The van der Waals surface area contributed by atoms with Crippen LogP contribution in [0.4, 0.5) is 4.39 Å². The Kier molecular flexibility index (Phi) is 5.20. The van der Waals surface area contributed by atoms with E-state index in [1.54, 1.807) is 6.07 Å². The van der Waals surface area contributed by atoms with Gasteiger partial charge in [0, 0.05) is 0 Å². The van der Waals surface area contributed by atoms with Gasteiger partial charge in [-0.2, -0.15) is 0 Å². The summed E-state index contributed by atoms with van der Waals surface area (Å²) in [4.78, 5) is 0. The molecule has 0 aromatic heterocycles. The Hall–Kier alpha value is -1.09. The van der Waals surface area contributed by atoms with Crippen molar-refractivity contribution in [3.05, 3.63) is 29.6 Å². The smallest absolute Gasteiger partial charge is 0.165 e. The summed E-state index contributed by atoms with van der Waals surface area (Å²) < 4.78 is 18.5. The Morgan fingerprint density at radius 1 is 1.26 bits per heavy atom. The molecule has 2 rings (SSSR count). The summed E-state index contributed by atoms with van der Waals surface area (Å²) in [7, 11) is 1.46. The summed E-state index contributed by atoms with van der Waals surface area (Å²) in [5, 5.41) is 10.3. The van der Waals surface area contributed by atoms with Crippen LogP contribution in [0.2, 0.25) is 0 Å². The van der Waals surface area contributed by atoms with Gasteiger partial charge in [-0.1, -0.05) is 31.7 Å². The van der Waals surface area contributed by atoms with Crippen molar-refractivity contribution in [2.24, 2.45) is 5.92 Å². The van der Waals surface area contributed by atoms with Crippen molar-refractivity contribution in [3.63, 3.8) is 0 Å². The van der Waals surface area contributed by atoms with Crippen molar-refractivity contribution in [2.75, 3.05) is 7.11 Å². The summed E-state index contributed by atoms with van der Waals surface area (Å²) in [6.07, 6.45) is 7.34. The van der Waals surface area contributed by atoms with E-state index in [0.29, 0.717) is 12.3 Å². The molecule has 0 amide bonds. The topological polar surface area (TPSA) is 29.5 Å². The highest BCUT2D eigenvalue weighted by Gasteiger charge is 2.21. The van der Waals surface area contributed by atoms with E-state index in [0.717, 1.165) is 18.4 Å². The van der Waals surface area contributed by atoms with Crippen LogP contribution in [0.1, 0.15) is 44.1 Å². The van der Waals surface area contributed by atoms with Crippen molar-refractivity contribution in [1.82, 2.24) is 0 Å². The summed E-state index contributed by atoms with van der Waals surface area (Å²) in [5.41, 5.74) is 0.843. The molecule has 1 aliphatic carbocycles. The molecule has 1 fully saturated rings. The van der Waals surface area contributed by atoms with E-state index in [-0.39, 0.29) is 17.7 Å². The lowest BCUT2D eigenvalue weighted by molar-refractivity contribution is 0.0985. The van der Waals surface area contributed by atoms with Crippen molar-refractivity contribution in [2.45, 2.75) is 51.0 Å². The second-order valence-electron chi connectivity index (χ2n) is 5.49. The first kappa shape index (κ1) is 14.3. The lowest BCUT2D eigenvalue weighted by Crippen LogP contribution is -2.22. The van der Waals surface area contributed by atoms with Crippen LogP contribution in [-0.2, 0) is 6.42 Å². The molecule has 106 valence electrons. The molecule has 1 N–H and O–H groups in total. The average Bonchev–Trinajstić information content (AvgIpc) is 2.68. The van der Waals surface area contributed by atoms with Gasteiger partial charge in [0.25, 0.3) is 0 Å². The van der Waals surface area contributed by atoms with Crippen molar-refractivity contribution in [1.29, 1.82) is 0 Å². The van der Waals surface area contributed by atoms with Crippen LogP contribution in [0, 0.1) is 11.7 Å². The summed E-state index contributed by atoms with van der Waals surface area (Å²) in [6, 6.07) is 4.94. The van der Waals surface area contributed by atoms with Gasteiger partial charge in [-0.25, -0.2) is 4.39 Å². The van der Waals surface area contributed by atoms with Gasteiger partial charge in [0.2, 0.25) is 0 Å². The van der Waals surface area contributed by atoms with Crippen LogP contribution >= 0.6 is 0 Å². The second-order valence-corrected chi connectivity index (χ2v) is 5.49. The molecule has 0 bridgehead atoms. The van der Waals surface area contributed by atoms with Gasteiger partial charge < -0.3 is 9.84 Å². The minimum Gasteiger partial charge on any atom is -0.494 e. The predicted octanol–water partition coefficient (Wildman–Crippen LogP) is 3.71. The molecule has 19 heavy (non-hydrogen) atoms. The fourth-order valence-corrected chi connectivity index (χ4v) is 2.94. The van der Waals surface area contributed by atoms with Crippen molar-refractivity contribution < 1.29 is 14.2 Å². The maximum Gasteiger partial charge on any atom is 0.165 e. The van der Waals surface area contributed by atoms with Gasteiger partial charge in [-0.15, -0.1) is 0 Å². The van der Waals surface area contributed by atoms with Crippen molar-refractivity contribution >= 4 is 0 Å². The number of hydrogen-bond acceptors (Lipinski definition) is 2. The van der Waals surface area contributed by atoms with E-state index < -0.39 is 0 Å². The Morgan fingerprint density at radius 2 is 1.95 bits per heavy atom. The largest absolute Gasteiger partial charge is 0.494 e. The van der Waals surface area contributed by atoms with E-state index in [1.807, 2.05) is 6.07 Å². The molecular formula is C16H23FO2. The molecule has 1 atom stereocenters. The third-order valence-corrected chi connectivity index (χ3v) is 4.11. The Balaban J connectivity index is 1.97. The average molecular weight is 266 g/mol. The number of benzene rings is 1. The van der Waals surface area contributed by atoms with Crippen LogP contribution in [0.25, 0.3) is 0 Å². The molecule has 1 unspecified atom stereocenters. The Morgan fingerprint density at radius 3 is 2.53 bits per heavy atom. The molecule has 1 aliphatic rings. The minimum absolute atomic E-state index is 0.257. The maximum absolute atomic E-state index is 13.6. The van der Waals surface area contributed by atoms with Gasteiger partial charge in [-0.05, 0) is 42.9 Å². The summed E-state index contributed by atoms with van der Waals surface area (Å²) >= 11 is 0. The maximum atomic E-state index is 13.6. The number of methoxy groups -OCH3 is 1.